The van der Waals surface area contributed by atoms with E-state index in [1.165, 1.54) is 24.0 Å². The third kappa shape index (κ3) is 6.60. The van der Waals surface area contributed by atoms with E-state index < -0.39 is 0 Å². The first-order valence-electron chi connectivity index (χ1n) is 5.26. The molecular formula is C14H18Cl2Zr. The van der Waals surface area contributed by atoms with Gasteiger partial charge in [0, 0.05) is 0 Å². The molecule has 0 saturated carbocycles. The van der Waals surface area contributed by atoms with Crippen molar-refractivity contribution >= 4 is 0 Å². The molecule has 0 aromatic carbocycles. The Morgan fingerprint density at radius 1 is 0.882 bits per heavy atom. The van der Waals surface area contributed by atoms with E-state index in [2.05, 4.69) is 51.3 Å². The molecule has 2 aliphatic carbocycles. The Labute approximate surface area is 129 Å². The van der Waals surface area contributed by atoms with Gasteiger partial charge in [-0.05, 0) is 0 Å². The molecule has 0 N–H and O–H groups in total. The van der Waals surface area contributed by atoms with Crippen LogP contribution in [0.3, 0.4) is 0 Å². The number of hydrogen-bond acceptors (Lipinski definition) is 0. The summed E-state index contributed by atoms with van der Waals surface area (Å²) in [5.74, 6) is 0. The van der Waals surface area contributed by atoms with Crippen molar-refractivity contribution in [2.75, 3.05) is 0 Å². The molecule has 0 aromatic rings. The van der Waals surface area contributed by atoms with Gasteiger partial charge >= 0.3 is 91.9 Å². The summed E-state index contributed by atoms with van der Waals surface area (Å²) in [4.78, 5) is 0. The summed E-state index contributed by atoms with van der Waals surface area (Å²) in [5.41, 5.74) is 2.94. The van der Waals surface area contributed by atoms with Gasteiger partial charge in [-0.3, -0.25) is 0 Å². The molecule has 0 radical (unpaired) electrons. The van der Waals surface area contributed by atoms with Gasteiger partial charge in [-0.25, -0.2) is 0 Å². The van der Waals surface area contributed by atoms with Crippen LogP contribution >= 0.6 is 0 Å². The van der Waals surface area contributed by atoms with Crippen LogP contribution in [0.2, 0.25) is 0 Å². The van der Waals surface area contributed by atoms with Crippen LogP contribution in [0, 0.1) is 0 Å². The molecule has 17 heavy (non-hydrogen) atoms. The van der Waals surface area contributed by atoms with Crippen molar-refractivity contribution in [3.63, 3.8) is 0 Å². The second-order valence-corrected chi connectivity index (χ2v) is 7.54. The minimum absolute atomic E-state index is 0. The molecule has 2 rings (SSSR count). The Kier molecular flexibility index (Phi) is 11.6. The Morgan fingerprint density at radius 3 is 1.47 bits per heavy atom. The van der Waals surface area contributed by atoms with Crippen LogP contribution in [0.1, 0.15) is 26.7 Å². The third-order valence-electron chi connectivity index (χ3n) is 2.41. The van der Waals surface area contributed by atoms with Crippen molar-refractivity contribution in [2.24, 2.45) is 0 Å². The molecule has 2 aliphatic rings. The van der Waals surface area contributed by atoms with Crippen LogP contribution in [0.5, 0.6) is 0 Å². The smallest absolute Gasteiger partial charge is 1.00 e. The zero-order chi connectivity index (χ0) is 11.3. The second kappa shape index (κ2) is 10.1. The third-order valence-corrected chi connectivity index (χ3v) is 5.70. The van der Waals surface area contributed by atoms with Gasteiger partial charge in [0.2, 0.25) is 0 Å². The van der Waals surface area contributed by atoms with E-state index in [-0.39, 0.29) is 48.0 Å². The first-order chi connectivity index (χ1) is 7.24. The molecule has 0 bridgehead atoms. The number of halogens is 2. The van der Waals surface area contributed by atoms with Crippen molar-refractivity contribution in [3.05, 3.63) is 55.2 Å². The normalized spacial score (nSPS) is 15.9. The Balaban J connectivity index is 0. The van der Waals surface area contributed by atoms with Gasteiger partial charge < -0.3 is 24.8 Å². The molecular weight excluding hydrogens is 330 g/mol. The van der Waals surface area contributed by atoms with Crippen LogP contribution < -0.4 is 24.8 Å². The molecule has 0 aliphatic heterocycles. The van der Waals surface area contributed by atoms with E-state index in [1.54, 1.807) is 6.56 Å². The van der Waals surface area contributed by atoms with E-state index in [1.807, 2.05) is 0 Å². The first kappa shape index (κ1) is 19.5. The number of rotatable bonds is 2. The topological polar surface area (TPSA) is 0 Å². The summed E-state index contributed by atoms with van der Waals surface area (Å²) in [5, 5.41) is 0. The van der Waals surface area contributed by atoms with Crippen LogP contribution in [-0.2, 0) is 23.2 Å². The molecule has 0 nitrogen and oxygen atoms in total. The van der Waals surface area contributed by atoms with Crippen molar-refractivity contribution in [1.29, 1.82) is 0 Å². The predicted molar refractivity (Wildman–Crippen MR) is 64.2 cm³/mol. The molecule has 0 aromatic heterocycles. The van der Waals surface area contributed by atoms with Crippen LogP contribution in [0.25, 0.3) is 0 Å². The molecule has 0 saturated heterocycles. The van der Waals surface area contributed by atoms with Gasteiger partial charge in [0.15, 0.2) is 0 Å². The quantitative estimate of drug-likeness (QED) is 0.525. The Bertz CT molecular complexity index is 328. The molecule has 0 amide bonds. The number of hydrogen-bond donors (Lipinski definition) is 0. The summed E-state index contributed by atoms with van der Waals surface area (Å²) >= 11 is -0.364. The van der Waals surface area contributed by atoms with Gasteiger partial charge in [0.25, 0.3) is 0 Å². The monoisotopic (exact) mass is 346 g/mol. The van der Waals surface area contributed by atoms with E-state index in [0.29, 0.717) is 0 Å². The average molecular weight is 348 g/mol. The molecule has 0 spiro atoms. The standard InChI is InChI=1S/2C6H7.C2H4.2ClH.Zr/c2*1-6-4-2-3-5-6;1-2;;;/h2*4-5H,2H2,1H3;1-2H2;2*1H;/q;;;;;+2/p-2. The molecule has 92 valence electrons. The maximum atomic E-state index is 3.00. The van der Waals surface area contributed by atoms with Crippen molar-refractivity contribution in [1.82, 2.24) is 0 Å². The zero-order valence-corrected chi connectivity index (χ0v) is 14.4. The van der Waals surface area contributed by atoms with E-state index in [4.69, 9.17) is 0 Å². The van der Waals surface area contributed by atoms with Gasteiger partial charge in [-0.15, -0.1) is 13.2 Å². The summed E-state index contributed by atoms with van der Waals surface area (Å²) in [6, 6.07) is 0. The predicted octanol–water partition coefficient (Wildman–Crippen LogP) is -1.65. The molecule has 0 fully saturated rings. The minimum Gasteiger partial charge on any atom is -1.00 e. The van der Waals surface area contributed by atoms with Gasteiger partial charge in [-0.1, -0.05) is 0 Å². The van der Waals surface area contributed by atoms with Crippen LogP contribution in [0.15, 0.2) is 55.2 Å². The van der Waals surface area contributed by atoms with E-state index in [0.717, 1.165) is 0 Å². The van der Waals surface area contributed by atoms with E-state index >= 15 is 0 Å². The fourth-order valence-electron chi connectivity index (χ4n) is 1.71. The van der Waals surface area contributed by atoms with Crippen molar-refractivity contribution in [2.45, 2.75) is 26.7 Å². The van der Waals surface area contributed by atoms with Crippen molar-refractivity contribution < 1.29 is 48.0 Å². The Hall–Kier alpha value is 0.163. The SMILES string of the molecule is C=C.CC1=CC[C]([Zr+2][C]2=CC(C)=CC2)=C1.[Cl-].[Cl-]. The zero-order valence-electron chi connectivity index (χ0n) is 10.4. The fourth-order valence-corrected chi connectivity index (χ4v) is 5.20. The average Bonchev–Trinajstić information content (AvgIpc) is 2.80. The van der Waals surface area contributed by atoms with Gasteiger partial charge in [0.05, 0.1) is 0 Å². The second-order valence-electron chi connectivity index (χ2n) is 3.77. The van der Waals surface area contributed by atoms with E-state index in [9.17, 15) is 0 Å². The van der Waals surface area contributed by atoms with Crippen LogP contribution in [0.4, 0.5) is 0 Å². The summed E-state index contributed by atoms with van der Waals surface area (Å²) in [6.07, 6.45) is 12.0. The molecule has 0 unspecified atom stereocenters. The molecule has 3 heteroatoms. The first-order valence-corrected chi connectivity index (χ1v) is 7.71. The maximum Gasteiger partial charge on any atom is -1.00 e. The fraction of sp³-hybridized carbons (Fsp3) is 0.286. The summed E-state index contributed by atoms with van der Waals surface area (Å²) in [7, 11) is 0. The summed E-state index contributed by atoms with van der Waals surface area (Å²) in [6.45, 7) is 10.4. The minimum atomic E-state index is -0.364. The maximum absolute atomic E-state index is 3.00. The Morgan fingerprint density at radius 2 is 1.24 bits per heavy atom. The van der Waals surface area contributed by atoms with Gasteiger partial charge in [0.1, 0.15) is 0 Å². The van der Waals surface area contributed by atoms with Gasteiger partial charge in [-0.2, -0.15) is 0 Å². The molecule has 0 atom stereocenters. The van der Waals surface area contributed by atoms with Crippen molar-refractivity contribution in [3.8, 4) is 0 Å². The molecule has 0 heterocycles. The number of allylic oxidation sites excluding steroid dienone is 8. The van der Waals surface area contributed by atoms with Crippen LogP contribution in [-0.4, -0.2) is 0 Å². The largest absolute Gasteiger partial charge is 1.00 e. The summed E-state index contributed by atoms with van der Waals surface area (Å²) < 4.78 is 3.49.